The molecule has 2 nitrogen and oxygen atoms in total. The first-order valence-corrected chi connectivity index (χ1v) is 17.4. The van der Waals surface area contributed by atoms with Crippen molar-refractivity contribution in [2.24, 2.45) is 0 Å². The molecule has 47 heavy (non-hydrogen) atoms. The third-order valence-corrected chi connectivity index (χ3v) is 12.2. The van der Waals surface area contributed by atoms with Gasteiger partial charge in [-0.05, 0) is 98.5 Å². The van der Waals surface area contributed by atoms with Gasteiger partial charge in [0, 0.05) is 31.7 Å². The summed E-state index contributed by atoms with van der Waals surface area (Å²) in [6.45, 7) is 4.85. The fraction of sp³-hybridized carbons (Fsp3) is 0.114. The molecule has 3 heteroatoms. The van der Waals surface area contributed by atoms with Gasteiger partial charge in [0.1, 0.15) is 4.83 Å². The lowest BCUT2D eigenvalue weighted by Gasteiger charge is -2.25. The number of hydrogen-bond acceptors (Lipinski definition) is 2. The number of rotatable bonds is 1. The van der Waals surface area contributed by atoms with E-state index >= 15 is 0 Å². The molecule has 0 saturated carbocycles. The van der Waals surface area contributed by atoms with Crippen LogP contribution in [0, 0.1) is 0 Å². The molecule has 0 fully saturated rings. The molecular formula is C44H30N2S. The Morgan fingerprint density at radius 3 is 2.15 bits per heavy atom. The van der Waals surface area contributed by atoms with Gasteiger partial charge < -0.3 is 4.57 Å². The third-order valence-electron chi connectivity index (χ3n) is 11.1. The number of nitrogens with zero attached hydrogens (tertiary/aromatic N) is 2. The van der Waals surface area contributed by atoms with E-state index in [9.17, 15) is 0 Å². The number of aromatic nitrogens is 2. The van der Waals surface area contributed by atoms with Crippen LogP contribution < -0.4 is 0 Å². The summed E-state index contributed by atoms with van der Waals surface area (Å²) in [4.78, 5) is 6.19. The van der Waals surface area contributed by atoms with Crippen molar-refractivity contribution in [1.29, 1.82) is 0 Å². The van der Waals surface area contributed by atoms with E-state index in [0.717, 1.165) is 23.4 Å². The summed E-state index contributed by atoms with van der Waals surface area (Å²) in [5.74, 6) is 0. The molecule has 222 valence electrons. The largest absolute Gasteiger partial charge is 0.307 e. The van der Waals surface area contributed by atoms with Crippen molar-refractivity contribution < 1.29 is 0 Å². The Kier molecular flexibility index (Phi) is 4.94. The van der Waals surface area contributed by atoms with Crippen molar-refractivity contribution >= 4 is 64.2 Å². The van der Waals surface area contributed by atoms with Crippen molar-refractivity contribution in [2.75, 3.05) is 0 Å². The van der Waals surface area contributed by atoms with E-state index in [1.165, 1.54) is 92.6 Å². The van der Waals surface area contributed by atoms with Gasteiger partial charge in [-0.1, -0.05) is 98.8 Å². The normalized spacial score (nSPS) is 14.6. The van der Waals surface area contributed by atoms with Gasteiger partial charge in [-0.25, -0.2) is 4.98 Å². The summed E-state index contributed by atoms with van der Waals surface area (Å²) < 4.78 is 3.81. The third kappa shape index (κ3) is 3.32. The standard InChI is InChI=1S/C44H30N2S/c1-44(2)36-16-8-5-14-31(36)39-33-21-27-19-25-11-3-4-12-26(25)20-28(27)22-34(33)40-32-15-6-9-17-37(32)46(42(40)41(39)44)29-23-35-30-13-7-10-18-38(30)47-43(35)45-24-29/h3-18,21-24H,19-20H2,1-2H3. The average Bonchev–Trinajstić information content (AvgIpc) is 3.72. The Morgan fingerprint density at radius 2 is 1.32 bits per heavy atom. The van der Waals surface area contributed by atoms with E-state index in [4.69, 9.17) is 4.98 Å². The second-order valence-corrected chi connectivity index (χ2v) is 15.0. The average molecular weight is 619 g/mol. The molecular weight excluding hydrogens is 589 g/mol. The molecule has 0 bridgehead atoms. The molecule has 0 atom stereocenters. The second kappa shape index (κ2) is 8.96. The molecule has 11 rings (SSSR count). The van der Waals surface area contributed by atoms with Crippen LogP contribution in [0.4, 0.5) is 0 Å². The van der Waals surface area contributed by atoms with Gasteiger partial charge in [0.25, 0.3) is 0 Å². The van der Waals surface area contributed by atoms with E-state index in [1.807, 2.05) is 0 Å². The number of thiophene rings is 1. The van der Waals surface area contributed by atoms with Crippen LogP contribution in [0.5, 0.6) is 0 Å². The monoisotopic (exact) mass is 618 g/mol. The number of fused-ring (bicyclic) bond motifs is 15. The Hall–Kier alpha value is -5.25. The zero-order valence-electron chi connectivity index (χ0n) is 26.3. The smallest absolute Gasteiger partial charge is 0.124 e. The van der Waals surface area contributed by atoms with E-state index < -0.39 is 0 Å². The lowest BCUT2D eigenvalue weighted by molar-refractivity contribution is 0.664. The van der Waals surface area contributed by atoms with Gasteiger partial charge in [0.15, 0.2) is 0 Å². The zero-order chi connectivity index (χ0) is 31.0. The highest BCUT2D eigenvalue weighted by Crippen LogP contribution is 2.57. The molecule has 0 N–H and O–H groups in total. The van der Waals surface area contributed by atoms with Gasteiger partial charge in [0.05, 0.1) is 22.9 Å². The predicted octanol–water partition coefficient (Wildman–Crippen LogP) is 11.5. The first kappa shape index (κ1) is 25.9. The van der Waals surface area contributed by atoms with E-state index in [-0.39, 0.29) is 5.41 Å². The maximum Gasteiger partial charge on any atom is 0.124 e. The molecule has 2 aliphatic rings. The minimum Gasteiger partial charge on any atom is -0.307 e. The van der Waals surface area contributed by atoms with Gasteiger partial charge in [-0.3, -0.25) is 0 Å². The van der Waals surface area contributed by atoms with Crippen LogP contribution in [-0.2, 0) is 18.3 Å². The van der Waals surface area contributed by atoms with Crippen molar-refractivity contribution in [3.05, 3.63) is 155 Å². The van der Waals surface area contributed by atoms with Gasteiger partial charge in [-0.15, -0.1) is 11.3 Å². The molecule has 6 aromatic carbocycles. The van der Waals surface area contributed by atoms with Crippen LogP contribution >= 0.6 is 11.3 Å². The van der Waals surface area contributed by atoms with Crippen LogP contribution in [0.15, 0.2) is 121 Å². The highest BCUT2D eigenvalue weighted by atomic mass is 32.1. The van der Waals surface area contributed by atoms with E-state index in [1.54, 1.807) is 11.3 Å². The molecule has 0 saturated heterocycles. The van der Waals surface area contributed by atoms with Crippen molar-refractivity contribution in [2.45, 2.75) is 32.1 Å². The molecule has 0 unspecified atom stereocenters. The van der Waals surface area contributed by atoms with Crippen molar-refractivity contribution in [3.63, 3.8) is 0 Å². The highest BCUT2D eigenvalue weighted by Gasteiger charge is 2.40. The van der Waals surface area contributed by atoms with Gasteiger partial charge >= 0.3 is 0 Å². The fourth-order valence-corrected chi connectivity index (χ4v) is 10.0. The summed E-state index contributed by atoms with van der Waals surface area (Å²) in [6, 6.07) is 43.3. The quantitative estimate of drug-likeness (QED) is 0.179. The Morgan fingerprint density at radius 1 is 0.638 bits per heavy atom. The Balaban J connectivity index is 1.34. The molecule has 9 aromatic rings. The molecule has 0 aliphatic heterocycles. The number of pyridine rings is 1. The topological polar surface area (TPSA) is 17.8 Å². The Labute approximate surface area is 276 Å². The Bertz CT molecular complexity index is 2830. The number of para-hydroxylation sites is 1. The molecule has 2 aliphatic carbocycles. The van der Waals surface area contributed by atoms with Crippen molar-refractivity contribution in [1.82, 2.24) is 9.55 Å². The molecule has 0 spiro atoms. The first-order chi connectivity index (χ1) is 23.1. The molecule has 0 radical (unpaired) electrons. The van der Waals surface area contributed by atoms with Crippen LogP contribution in [0.25, 0.3) is 69.7 Å². The summed E-state index contributed by atoms with van der Waals surface area (Å²) >= 11 is 1.78. The first-order valence-electron chi connectivity index (χ1n) is 16.6. The van der Waals surface area contributed by atoms with Crippen molar-refractivity contribution in [3.8, 4) is 16.8 Å². The minimum atomic E-state index is -0.181. The minimum absolute atomic E-state index is 0.181. The zero-order valence-corrected chi connectivity index (χ0v) is 27.1. The van der Waals surface area contributed by atoms with Crippen LogP contribution in [-0.4, -0.2) is 9.55 Å². The van der Waals surface area contributed by atoms with Gasteiger partial charge in [0.2, 0.25) is 0 Å². The summed E-state index contributed by atoms with van der Waals surface area (Å²) in [6.07, 6.45) is 4.06. The van der Waals surface area contributed by atoms with Crippen LogP contribution in [0.2, 0.25) is 0 Å². The van der Waals surface area contributed by atoms with E-state index in [2.05, 4.69) is 140 Å². The number of benzene rings is 6. The second-order valence-electron chi connectivity index (χ2n) is 13.9. The summed E-state index contributed by atoms with van der Waals surface area (Å²) in [5, 5.41) is 7.89. The lowest BCUT2D eigenvalue weighted by atomic mass is 9.79. The number of hydrogen-bond donors (Lipinski definition) is 0. The predicted molar refractivity (Wildman–Crippen MR) is 199 cm³/mol. The molecule has 0 amide bonds. The maximum atomic E-state index is 5.10. The molecule has 3 heterocycles. The summed E-state index contributed by atoms with van der Waals surface area (Å²) in [5.41, 5.74) is 14.9. The fourth-order valence-electron chi connectivity index (χ4n) is 9.00. The SMILES string of the molecule is CC1(C)c2ccccc2-c2c1c1c(c3cc4c(cc23)Cc2ccccc2C4)c2ccccc2n1-c1cnc2sc3ccccc3c2c1. The molecule has 3 aromatic heterocycles. The van der Waals surface area contributed by atoms with E-state index in [0.29, 0.717) is 0 Å². The lowest BCUT2D eigenvalue weighted by Crippen LogP contribution is -2.17. The summed E-state index contributed by atoms with van der Waals surface area (Å²) in [7, 11) is 0. The maximum absolute atomic E-state index is 5.10. The van der Waals surface area contributed by atoms with Gasteiger partial charge in [-0.2, -0.15) is 0 Å². The highest BCUT2D eigenvalue weighted by molar-refractivity contribution is 7.25. The van der Waals surface area contributed by atoms with Crippen LogP contribution in [0.3, 0.4) is 0 Å². The van der Waals surface area contributed by atoms with Crippen LogP contribution in [0.1, 0.15) is 47.2 Å².